The predicted octanol–water partition coefficient (Wildman–Crippen LogP) is 2.39. The second-order valence-electron chi connectivity index (χ2n) is 3.20. The highest BCUT2D eigenvalue weighted by Crippen LogP contribution is 2.39. The Bertz CT molecular complexity index is 99.4. The fraction of sp³-hybridized carbons (Fsp3) is 0.833. The van der Waals surface area contributed by atoms with E-state index in [-0.39, 0.29) is 7.92 Å². The molecule has 0 fully saturated rings. The molecule has 8 heavy (non-hydrogen) atoms. The lowest BCUT2D eigenvalue weighted by Gasteiger charge is -2.08. The van der Waals surface area contributed by atoms with Crippen molar-refractivity contribution in [3.8, 4) is 0 Å². The molecule has 0 aliphatic carbocycles. The standard InChI is InChI=1S/C6H16P2/c1-7(2)6-8(3,4)5/h6H,1-5H3. The van der Waals surface area contributed by atoms with E-state index >= 15 is 0 Å². The first-order chi connectivity index (χ1) is 3.42. The number of rotatable bonds is 1. The van der Waals surface area contributed by atoms with Gasteiger partial charge in [-0.1, -0.05) is 13.5 Å². The lowest BCUT2D eigenvalue weighted by atomic mass is 11.8. The van der Waals surface area contributed by atoms with Gasteiger partial charge < -0.3 is 0 Å². The second kappa shape index (κ2) is 3.04. The molecule has 0 spiro atoms. The van der Waals surface area contributed by atoms with Crippen LogP contribution in [-0.2, 0) is 0 Å². The summed E-state index contributed by atoms with van der Waals surface area (Å²) in [5.41, 5.74) is 2.53. The van der Waals surface area contributed by atoms with Gasteiger partial charge in [-0.2, -0.15) is 0 Å². The van der Waals surface area contributed by atoms with Crippen molar-refractivity contribution >= 4 is 20.3 Å². The van der Waals surface area contributed by atoms with Crippen LogP contribution < -0.4 is 0 Å². The Morgan fingerprint density at radius 1 is 1.12 bits per heavy atom. The van der Waals surface area contributed by atoms with E-state index < -0.39 is 6.89 Å². The molecule has 0 radical (unpaired) electrons. The fourth-order valence-corrected chi connectivity index (χ4v) is 6.24. The molecule has 2 heteroatoms. The molecule has 0 nitrogen and oxygen atoms in total. The third-order valence-electron chi connectivity index (χ3n) is 0.577. The van der Waals surface area contributed by atoms with Gasteiger partial charge in [-0.15, -0.1) is 6.89 Å². The molecular weight excluding hydrogens is 134 g/mol. The van der Waals surface area contributed by atoms with E-state index in [4.69, 9.17) is 0 Å². The highest BCUT2D eigenvalue weighted by Gasteiger charge is 1.93. The van der Waals surface area contributed by atoms with E-state index in [0.29, 0.717) is 0 Å². The maximum absolute atomic E-state index is 2.53. The van der Waals surface area contributed by atoms with Gasteiger partial charge in [0.25, 0.3) is 0 Å². The van der Waals surface area contributed by atoms with E-state index in [1.807, 2.05) is 0 Å². The van der Waals surface area contributed by atoms with Crippen LogP contribution in [0.2, 0.25) is 0 Å². The zero-order valence-corrected chi connectivity index (χ0v) is 8.26. The van der Waals surface area contributed by atoms with Crippen LogP contribution in [0.3, 0.4) is 0 Å². The third kappa shape index (κ3) is 6.73. The monoisotopic (exact) mass is 150 g/mol. The van der Waals surface area contributed by atoms with Crippen molar-refractivity contribution in [1.82, 2.24) is 0 Å². The Hall–Kier alpha value is 0.730. The molecular formula is C6H16P2. The summed E-state index contributed by atoms with van der Waals surface area (Å²) in [5, 5.41) is 0. The highest BCUT2D eigenvalue weighted by atomic mass is 31.2. The van der Waals surface area contributed by atoms with Crippen molar-refractivity contribution in [3.05, 3.63) is 0 Å². The van der Waals surface area contributed by atoms with Gasteiger partial charge in [-0.3, -0.25) is 0 Å². The third-order valence-corrected chi connectivity index (χ3v) is 5.20. The first kappa shape index (κ1) is 8.73. The van der Waals surface area contributed by atoms with Gasteiger partial charge in [-0.25, -0.2) is 0 Å². The van der Waals surface area contributed by atoms with Crippen molar-refractivity contribution in [2.75, 3.05) is 33.3 Å². The summed E-state index contributed by atoms with van der Waals surface area (Å²) in [6.45, 7) is 11.1. The van der Waals surface area contributed by atoms with Crippen LogP contribution >= 0.6 is 14.8 Å². The molecule has 0 aromatic heterocycles. The topological polar surface area (TPSA) is 0 Å². The Morgan fingerprint density at radius 2 is 1.50 bits per heavy atom. The van der Waals surface area contributed by atoms with E-state index in [1.54, 1.807) is 0 Å². The molecule has 0 aromatic rings. The fourth-order valence-electron chi connectivity index (χ4n) is 0.693. The summed E-state index contributed by atoms with van der Waals surface area (Å²) >= 11 is 0. The van der Waals surface area contributed by atoms with Crippen LogP contribution in [0.25, 0.3) is 0 Å². The quantitative estimate of drug-likeness (QED) is 0.503. The van der Waals surface area contributed by atoms with Gasteiger partial charge in [0.2, 0.25) is 0 Å². The van der Waals surface area contributed by atoms with Gasteiger partial charge in [0, 0.05) is 0 Å². The summed E-state index contributed by atoms with van der Waals surface area (Å²) in [6, 6.07) is 0. The minimum atomic E-state index is -0.568. The lowest BCUT2D eigenvalue weighted by Crippen LogP contribution is -1.75. The highest BCUT2D eigenvalue weighted by molar-refractivity contribution is 7.91. The Kier molecular flexibility index (Phi) is 3.32. The van der Waals surface area contributed by atoms with E-state index in [9.17, 15) is 0 Å². The van der Waals surface area contributed by atoms with Gasteiger partial charge in [0.15, 0.2) is 0 Å². The normalized spacial score (nSPS) is 12.2. The first-order valence-corrected chi connectivity index (χ1v) is 8.26. The molecule has 0 N–H and O–H groups in total. The molecule has 0 aliphatic heterocycles. The number of hydrogen-bond donors (Lipinski definition) is 0. The van der Waals surface area contributed by atoms with Crippen molar-refractivity contribution < 1.29 is 0 Å². The minimum absolute atomic E-state index is 0.236. The second-order valence-corrected chi connectivity index (χ2v) is 10.3. The van der Waals surface area contributed by atoms with Crippen LogP contribution in [-0.4, -0.2) is 38.9 Å². The van der Waals surface area contributed by atoms with Crippen LogP contribution in [0, 0.1) is 0 Å². The molecule has 0 aliphatic rings. The molecule has 0 heterocycles. The minimum Gasteiger partial charge on any atom is -0.113 e. The van der Waals surface area contributed by atoms with E-state index in [2.05, 4.69) is 38.9 Å². The Morgan fingerprint density at radius 3 is 1.50 bits per heavy atom. The summed E-state index contributed by atoms with van der Waals surface area (Å²) in [4.78, 5) is 0. The maximum Gasteiger partial charge on any atom is -0.0412 e. The molecule has 50 valence electrons. The first-order valence-electron chi connectivity index (χ1n) is 2.75. The average molecular weight is 150 g/mol. The van der Waals surface area contributed by atoms with Crippen molar-refractivity contribution in [2.45, 2.75) is 0 Å². The number of hydrogen-bond acceptors (Lipinski definition) is 0. The SMILES string of the molecule is CP(C)C=P(C)(C)C. The molecule has 0 saturated carbocycles. The van der Waals surface area contributed by atoms with Gasteiger partial charge in [0.05, 0.1) is 0 Å². The average Bonchev–Trinajstić information content (AvgIpc) is 1.21. The zero-order chi connectivity index (χ0) is 6.78. The summed E-state index contributed by atoms with van der Waals surface area (Å²) in [5.74, 6) is 0. The molecule has 0 unspecified atom stereocenters. The Labute approximate surface area is 54.4 Å². The van der Waals surface area contributed by atoms with Gasteiger partial charge in [-0.05, 0) is 33.3 Å². The van der Waals surface area contributed by atoms with Crippen LogP contribution in [0.15, 0.2) is 0 Å². The van der Waals surface area contributed by atoms with Crippen molar-refractivity contribution in [2.24, 2.45) is 0 Å². The molecule has 0 bridgehead atoms. The summed E-state index contributed by atoms with van der Waals surface area (Å²) in [7, 11) is 0.236. The molecule has 0 rings (SSSR count). The van der Waals surface area contributed by atoms with Gasteiger partial charge >= 0.3 is 0 Å². The zero-order valence-electron chi connectivity index (χ0n) is 6.47. The molecule has 0 aromatic carbocycles. The largest absolute Gasteiger partial charge is 0.113 e. The summed E-state index contributed by atoms with van der Waals surface area (Å²) < 4.78 is 0. The molecule has 0 atom stereocenters. The molecule has 0 saturated heterocycles. The predicted molar refractivity (Wildman–Crippen MR) is 49.5 cm³/mol. The Balaban J connectivity index is 3.95. The van der Waals surface area contributed by atoms with E-state index in [1.165, 1.54) is 0 Å². The van der Waals surface area contributed by atoms with Gasteiger partial charge in [0.1, 0.15) is 0 Å². The van der Waals surface area contributed by atoms with Crippen LogP contribution in [0.4, 0.5) is 0 Å². The van der Waals surface area contributed by atoms with Crippen LogP contribution in [0.5, 0.6) is 0 Å². The van der Waals surface area contributed by atoms with Crippen LogP contribution in [0.1, 0.15) is 0 Å². The lowest BCUT2D eigenvalue weighted by molar-refractivity contribution is 2.10. The summed E-state index contributed by atoms with van der Waals surface area (Å²) in [6.07, 6.45) is 0. The van der Waals surface area contributed by atoms with Crippen molar-refractivity contribution in [1.29, 1.82) is 0 Å². The van der Waals surface area contributed by atoms with E-state index in [0.717, 1.165) is 0 Å². The maximum atomic E-state index is 2.53. The molecule has 0 amide bonds. The van der Waals surface area contributed by atoms with Crippen molar-refractivity contribution in [3.63, 3.8) is 0 Å². The smallest absolute Gasteiger partial charge is 0.0412 e.